The van der Waals surface area contributed by atoms with Crippen LogP contribution in [0.1, 0.15) is 213 Å². The lowest BCUT2D eigenvalue weighted by atomic mass is 10.0. The van der Waals surface area contributed by atoms with Crippen LogP contribution >= 0.6 is 0 Å². The maximum Gasteiger partial charge on any atom is 0.0431 e. The first-order valence-corrected chi connectivity index (χ1v) is 17.6. The van der Waals surface area contributed by atoms with Gasteiger partial charge in [-0.1, -0.05) is 193 Å². The Labute approximate surface area is 237 Å². The van der Waals surface area contributed by atoms with Crippen LogP contribution in [0, 0.1) is 0 Å². The summed E-state index contributed by atoms with van der Waals surface area (Å²) in [6.07, 6.45) is 46.6. The first-order valence-electron chi connectivity index (χ1n) is 17.6. The average molecular weight is 523 g/mol. The number of unbranched alkanes of at least 4 members (excludes halogenated alkanes) is 27. The molecule has 0 heterocycles. The maximum absolute atomic E-state index is 8.66. The van der Waals surface area contributed by atoms with Gasteiger partial charge in [-0.3, -0.25) is 0 Å². The van der Waals surface area contributed by atoms with Gasteiger partial charge in [-0.15, -0.1) is 0 Å². The molecule has 0 aromatic carbocycles. The SMILES string of the molecule is CCCCCCCC/C=C\CCCCCCCCO.CCCCCCCCCCCCCCCCCC. The van der Waals surface area contributed by atoms with E-state index >= 15 is 0 Å². The van der Waals surface area contributed by atoms with Gasteiger partial charge >= 0.3 is 0 Å². The van der Waals surface area contributed by atoms with Crippen molar-refractivity contribution in [1.82, 2.24) is 0 Å². The Morgan fingerprint density at radius 3 is 0.757 bits per heavy atom. The molecule has 0 aliphatic carbocycles. The molecular formula is C36H74O. The number of rotatable bonds is 30. The molecule has 0 rings (SSSR count). The van der Waals surface area contributed by atoms with E-state index < -0.39 is 0 Å². The second kappa shape index (κ2) is 40.2. The predicted molar refractivity (Wildman–Crippen MR) is 172 cm³/mol. The lowest BCUT2D eigenvalue weighted by molar-refractivity contribution is 0.282. The predicted octanol–water partition coefficient (Wildman–Crippen LogP) is 13.3. The largest absolute Gasteiger partial charge is 0.396 e. The summed E-state index contributed by atoms with van der Waals surface area (Å²) in [6.45, 7) is 7.22. The van der Waals surface area contributed by atoms with Crippen molar-refractivity contribution in [2.45, 2.75) is 213 Å². The van der Waals surface area contributed by atoms with E-state index in [2.05, 4.69) is 32.9 Å². The summed E-state index contributed by atoms with van der Waals surface area (Å²) < 4.78 is 0. The van der Waals surface area contributed by atoms with Gasteiger partial charge in [0.2, 0.25) is 0 Å². The average Bonchev–Trinajstić information content (AvgIpc) is 2.91. The molecule has 0 aliphatic rings. The highest BCUT2D eigenvalue weighted by Gasteiger charge is 1.94. The van der Waals surface area contributed by atoms with Crippen LogP contribution in [0.5, 0.6) is 0 Å². The van der Waals surface area contributed by atoms with E-state index in [1.807, 2.05) is 0 Å². The van der Waals surface area contributed by atoms with Crippen molar-refractivity contribution < 1.29 is 5.11 Å². The van der Waals surface area contributed by atoms with E-state index in [1.165, 1.54) is 186 Å². The van der Waals surface area contributed by atoms with Crippen molar-refractivity contribution >= 4 is 0 Å². The quantitative estimate of drug-likeness (QED) is 0.0734. The highest BCUT2D eigenvalue weighted by Crippen LogP contribution is 2.14. The number of aliphatic hydroxyl groups is 1. The Morgan fingerprint density at radius 2 is 0.514 bits per heavy atom. The summed E-state index contributed by atoms with van der Waals surface area (Å²) in [5, 5.41) is 8.66. The molecular weight excluding hydrogens is 448 g/mol. The van der Waals surface area contributed by atoms with Crippen LogP contribution in [0.2, 0.25) is 0 Å². The summed E-state index contributed by atoms with van der Waals surface area (Å²) in [6, 6.07) is 0. The smallest absolute Gasteiger partial charge is 0.0431 e. The Bertz CT molecular complexity index is 359. The number of hydrogen-bond donors (Lipinski definition) is 1. The van der Waals surface area contributed by atoms with Gasteiger partial charge in [-0.2, -0.15) is 0 Å². The second-order valence-corrected chi connectivity index (χ2v) is 11.6. The fourth-order valence-electron chi connectivity index (χ4n) is 4.98. The zero-order valence-electron chi connectivity index (χ0n) is 26.5. The van der Waals surface area contributed by atoms with E-state index in [-0.39, 0.29) is 0 Å². The van der Waals surface area contributed by atoms with Gasteiger partial charge in [0.15, 0.2) is 0 Å². The van der Waals surface area contributed by atoms with Crippen molar-refractivity contribution in [2.75, 3.05) is 6.61 Å². The van der Waals surface area contributed by atoms with E-state index in [9.17, 15) is 0 Å². The van der Waals surface area contributed by atoms with Crippen LogP contribution in [-0.4, -0.2) is 11.7 Å². The minimum Gasteiger partial charge on any atom is -0.396 e. The molecule has 0 saturated heterocycles. The van der Waals surface area contributed by atoms with Crippen molar-refractivity contribution in [1.29, 1.82) is 0 Å². The fraction of sp³-hybridized carbons (Fsp3) is 0.944. The minimum atomic E-state index is 0.362. The van der Waals surface area contributed by atoms with Crippen LogP contribution in [0.25, 0.3) is 0 Å². The third kappa shape index (κ3) is 43.0. The van der Waals surface area contributed by atoms with Gasteiger partial charge in [0, 0.05) is 6.61 Å². The van der Waals surface area contributed by atoms with Gasteiger partial charge in [-0.05, 0) is 32.1 Å². The number of allylic oxidation sites excluding steroid dienone is 2. The Balaban J connectivity index is 0. The highest BCUT2D eigenvalue weighted by atomic mass is 16.2. The molecule has 0 bridgehead atoms. The molecule has 0 aliphatic heterocycles. The second-order valence-electron chi connectivity index (χ2n) is 11.6. The van der Waals surface area contributed by atoms with E-state index in [0.717, 1.165) is 6.42 Å². The molecule has 0 aromatic heterocycles. The summed E-state index contributed by atoms with van der Waals surface area (Å²) in [5.74, 6) is 0. The molecule has 1 heteroatoms. The lowest BCUT2D eigenvalue weighted by Gasteiger charge is -2.03. The van der Waals surface area contributed by atoms with Gasteiger partial charge in [-0.25, -0.2) is 0 Å². The minimum absolute atomic E-state index is 0.362. The maximum atomic E-state index is 8.66. The molecule has 0 fully saturated rings. The first kappa shape index (κ1) is 38.8. The number of hydrogen-bond acceptors (Lipinski definition) is 1. The van der Waals surface area contributed by atoms with Crippen LogP contribution in [0.15, 0.2) is 12.2 Å². The molecule has 37 heavy (non-hydrogen) atoms. The van der Waals surface area contributed by atoms with E-state index in [4.69, 9.17) is 5.11 Å². The molecule has 1 nitrogen and oxygen atoms in total. The molecule has 0 atom stereocenters. The van der Waals surface area contributed by atoms with E-state index in [0.29, 0.717) is 6.61 Å². The van der Waals surface area contributed by atoms with Crippen LogP contribution in [-0.2, 0) is 0 Å². The van der Waals surface area contributed by atoms with Crippen molar-refractivity contribution in [3.05, 3.63) is 12.2 Å². The monoisotopic (exact) mass is 523 g/mol. The summed E-state index contributed by atoms with van der Waals surface area (Å²) in [7, 11) is 0. The lowest BCUT2D eigenvalue weighted by Crippen LogP contribution is -1.83. The molecule has 1 N–H and O–H groups in total. The van der Waals surface area contributed by atoms with Gasteiger partial charge in [0.1, 0.15) is 0 Å². The normalized spacial score (nSPS) is 11.2. The topological polar surface area (TPSA) is 20.2 Å². The Morgan fingerprint density at radius 1 is 0.297 bits per heavy atom. The van der Waals surface area contributed by atoms with Crippen LogP contribution in [0.3, 0.4) is 0 Å². The first-order chi connectivity index (χ1) is 18.3. The molecule has 224 valence electrons. The Kier molecular flexibility index (Phi) is 42.2. The molecule has 0 unspecified atom stereocenters. The van der Waals surface area contributed by atoms with Crippen molar-refractivity contribution in [3.63, 3.8) is 0 Å². The van der Waals surface area contributed by atoms with Crippen molar-refractivity contribution in [2.24, 2.45) is 0 Å². The molecule has 0 saturated carbocycles. The molecule has 0 amide bonds. The zero-order valence-corrected chi connectivity index (χ0v) is 26.5. The van der Waals surface area contributed by atoms with Gasteiger partial charge in [0.05, 0.1) is 0 Å². The third-order valence-corrected chi connectivity index (χ3v) is 7.63. The van der Waals surface area contributed by atoms with E-state index in [1.54, 1.807) is 0 Å². The Hall–Kier alpha value is -0.300. The fourth-order valence-corrected chi connectivity index (χ4v) is 4.98. The summed E-state index contributed by atoms with van der Waals surface area (Å²) in [5.41, 5.74) is 0. The van der Waals surface area contributed by atoms with Crippen LogP contribution < -0.4 is 0 Å². The van der Waals surface area contributed by atoms with Crippen molar-refractivity contribution in [3.8, 4) is 0 Å². The zero-order chi connectivity index (χ0) is 27.3. The highest BCUT2D eigenvalue weighted by molar-refractivity contribution is 4.81. The summed E-state index contributed by atoms with van der Waals surface area (Å²) in [4.78, 5) is 0. The van der Waals surface area contributed by atoms with Crippen LogP contribution in [0.4, 0.5) is 0 Å². The molecule has 0 radical (unpaired) electrons. The molecule has 0 spiro atoms. The standard InChI is InChI=1S/C18H36O.C18H38/c1-2-3-4-5-6-7-8-9-10-11-12-13-14-15-16-17-18-19;1-3-5-7-9-11-13-15-17-18-16-14-12-10-8-6-4-2/h9-10,19H,2-8,11-18H2,1H3;3-18H2,1-2H3/b10-9-;. The third-order valence-electron chi connectivity index (χ3n) is 7.63. The van der Waals surface area contributed by atoms with Gasteiger partial charge in [0.25, 0.3) is 0 Å². The van der Waals surface area contributed by atoms with Gasteiger partial charge < -0.3 is 5.11 Å². The number of aliphatic hydroxyl groups excluding tert-OH is 1. The molecule has 0 aromatic rings. The summed E-state index contributed by atoms with van der Waals surface area (Å²) >= 11 is 0.